The number of aliphatic carboxylic acids is 1. The first-order valence-corrected chi connectivity index (χ1v) is 11.0. The number of aliphatic hydroxyl groups excluding tert-OH is 1. The van der Waals surface area contributed by atoms with E-state index in [4.69, 9.17) is 16.7 Å². The molecule has 0 radical (unpaired) electrons. The number of anilines is 2. The predicted molar refractivity (Wildman–Crippen MR) is 132 cm³/mol. The highest BCUT2D eigenvalue weighted by atomic mass is 35.5. The fraction of sp³-hybridized carbons (Fsp3) is 0.192. The van der Waals surface area contributed by atoms with Crippen LogP contribution in [0.1, 0.15) is 56.4 Å². The Kier molecular flexibility index (Phi) is 8.04. The molecule has 2 amide bonds. The summed E-state index contributed by atoms with van der Waals surface area (Å²) in [5, 5.41) is 25.3. The van der Waals surface area contributed by atoms with E-state index in [9.17, 15) is 19.5 Å². The highest BCUT2D eigenvalue weighted by molar-refractivity contribution is 6.30. The number of carbonyl (C=O) groups excluding carboxylic acids is 2. The summed E-state index contributed by atoms with van der Waals surface area (Å²) >= 11 is 6.04. The van der Waals surface area contributed by atoms with Gasteiger partial charge in [-0.15, -0.1) is 0 Å². The normalized spacial score (nSPS) is 11.5. The third-order valence-corrected chi connectivity index (χ3v) is 5.61. The zero-order valence-corrected chi connectivity index (χ0v) is 19.5. The molecule has 7 nitrogen and oxygen atoms in total. The molecule has 0 aromatic heterocycles. The van der Waals surface area contributed by atoms with Crippen LogP contribution in [-0.2, 0) is 4.79 Å². The van der Waals surface area contributed by atoms with Gasteiger partial charge in [0.1, 0.15) is 0 Å². The van der Waals surface area contributed by atoms with Crippen LogP contribution in [0.25, 0.3) is 0 Å². The maximum absolute atomic E-state index is 13.0. The Morgan fingerprint density at radius 2 is 1.56 bits per heavy atom. The molecule has 0 spiro atoms. The second-order valence-corrected chi connectivity index (χ2v) is 8.37. The molecule has 3 aromatic rings. The summed E-state index contributed by atoms with van der Waals surface area (Å²) in [7, 11) is 0. The third kappa shape index (κ3) is 6.21. The number of aliphatic hydroxyl groups is 1. The number of carboxylic acid groups (broad SMARTS) is 1. The summed E-state index contributed by atoms with van der Waals surface area (Å²) < 4.78 is 0. The Morgan fingerprint density at radius 1 is 0.882 bits per heavy atom. The molecule has 0 bridgehead atoms. The molecule has 3 rings (SSSR count). The van der Waals surface area contributed by atoms with E-state index in [0.29, 0.717) is 38.7 Å². The average molecular weight is 481 g/mol. The maximum atomic E-state index is 13.0. The Hall–Kier alpha value is -3.68. The summed E-state index contributed by atoms with van der Waals surface area (Å²) in [6, 6.07) is 16.8. The van der Waals surface area contributed by atoms with Crippen molar-refractivity contribution in [3.8, 4) is 0 Å². The first-order valence-electron chi connectivity index (χ1n) is 10.6. The molecular weight excluding hydrogens is 456 g/mol. The average Bonchev–Trinajstić information content (AvgIpc) is 2.78. The lowest BCUT2D eigenvalue weighted by Crippen LogP contribution is -2.17. The van der Waals surface area contributed by atoms with Crippen molar-refractivity contribution in [1.29, 1.82) is 0 Å². The minimum Gasteiger partial charge on any atom is -0.481 e. The molecule has 8 heteroatoms. The van der Waals surface area contributed by atoms with Gasteiger partial charge in [0.2, 0.25) is 0 Å². The standard InChI is InChI=1S/C26H25ClN2O5/c1-15-5-3-4-6-19(15)25(33)28-18-8-9-20(16(2)13-18)26(34)29-22-10-7-17(27)14-21(22)23(30)11-12-24(31)32/h3-10,13-14,23,30H,11-12H2,1-2H3,(H,28,33)(H,29,34)(H,31,32)/t23-/m1/s1. The monoisotopic (exact) mass is 480 g/mol. The van der Waals surface area contributed by atoms with Crippen LogP contribution >= 0.6 is 11.6 Å². The highest BCUT2D eigenvalue weighted by Gasteiger charge is 2.18. The van der Waals surface area contributed by atoms with Crippen molar-refractivity contribution in [3.63, 3.8) is 0 Å². The number of hydrogen-bond acceptors (Lipinski definition) is 4. The fourth-order valence-corrected chi connectivity index (χ4v) is 3.73. The van der Waals surface area contributed by atoms with Crippen LogP contribution in [0.3, 0.4) is 0 Å². The van der Waals surface area contributed by atoms with Gasteiger partial charge in [-0.05, 0) is 73.9 Å². The number of hydrogen-bond donors (Lipinski definition) is 4. The molecule has 0 heterocycles. The van der Waals surface area contributed by atoms with Crippen molar-refractivity contribution in [3.05, 3.63) is 93.5 Å². The van der Waals surface area contributed by atoms with Gasteiger partial charge in [-0.25, -0.2) is 0 Å². The highest BCUT2D eigenvalue weighted by Crippen LogP contribution is 2.30. The van der Waals surface area contributed by atoms with Gasteiger partial charge in [0.05, 0.1) is 6.10 Å². The Labute approximate surface area is 202 Å². The number of carboxylic acids is 1. The van der Waals surface area contributed by atoms with E-state index in [1.807, 2.05) is 19.1 Å². The van der Waals surface area contributed by atoms with Crippen LogP contribution in [0.5, 0.6) is 0 Å². The molecule has 0 aliphatic rings. The van der Waals surface area contributed by atoms with Crippen LogP contribution in [0.4, 0.5) is 11.4 Å². The Bertz CT molecular complexity index is 1240. The van der Waals surface area contributed by atoms with Gasteiger partial charge in [-0.3, -0.25) is 14.4 Å². The van der Waals surface area contributed by atoms with Gasteiger partial charge in [-0.1, -0.05) is 29.8 Å². The quantitative estimate of drug-likeness (QED) is 0.346. The van der Waals surface area contributed by atoms with Gasteiger partial charge in [-0.2, -0.15) is 0 Å². The van der Waals surface area contributed by atoms with Crippen molar-refractivity contribution in [2.75, 3.05) is 10.6 Å². The largest absolute Gasteiger partial charge is 0.481 e. The summed E-state index contributed by atoms with van der Waals surface area (Å²) in [4.78, 5) is 36.4. The lowest BCUT2D eigenvalue weighted by molar-refractivity contribution is -0.137. The van der Waals surface area contributed by atoms with E-state index >= 15 is 0 Å². The van der Waals surface area contributed by atoms with Gasteiger partial charge in [0.25, 0.3) is 11.8 Å². The van der Waals surface area contributed by atoms with Crippen molar-refractivity contribution in [1.82, 2.24) is 0 Å². The lowest BCUT2D eigenvalue weighted by atomic mass is 10.0. The number of aryl methyl sites for hydroxylation is 2. The minimum absolute atomic E-state index is 0.0210. The van der Waals surface area contributed by atoms with Crippen LogP contribution in [-0.4, -0.2) is 28.0 Å². The van der Waals surface area contributed by atoms with Gasteiger partial charge in [0.15, 0.2) is 0 Å². The molecular formula is C26H25ClN2O5. The number of rotatable bonds is 8. The second kappa shape index (κ2) is 11.0. The Balaban J connectivity index is 1.76. The molecule has 0 aliphatic carbocycles. The van der Waals surface area contributed by atoms with Gasteiger partial charge >= 0.3 is 5.97 Å². The van der Waals surface area contributed by atoms with Gasteiger partial charge < -0.3 is 20.8 Å². The third-order valence-electron chi connectivity index (χ3n) is 5.37. The van der Waals surface area contributed by atoms with Crippen molar-refractivity contribution < 1.29 is 24.6 Å². The van der Waals surface area contributed by atoms with Crippen LogP contribution in [0.2, 0.25) is 5.02 Å². The van der Waals surface area contributed by atoms with Crippen LogP contribution in [0, 0.1) is 13.8 Å². The molecule has 3 aromatic carbocycles. The molecule has 4 N–H and O–H groups in total. The molecule has 34 heavy (non-hydrogen) atoms. The van der Waals surface area contributed by atoms with E-state index < -0.39 is 18.0 Å². The van der Waals surface area contributed by atoms with E-state index in [2.05, 4.69) is 10.6 Å². The van der Waals surface area contributed by atoms with Crippen molar-refractivity contribution in [2.45, 2.75) is 32.8 Å². The fourth-order valence-electron chi connectivity index (χ4n) is 3.55. The first kappa shape index (κ1) is 25.0. The predicted octanol–water partition coefficient (Wildman–Crippen LogP) is 5.36. The van der Waals surface area contributed by atoms with Crippen LogP contribution < -0.4 is 10.6 Å². The SMILES string of the molecule is Cc1ccccc1C(=O)Nc1ccc(C(=O)Nc2ccc(Cl)cc2[C@H](O)CCC(=O)O)c(C)c1. The van der Waals surface area contributed by atoms with Gasteiger partial charge in [0, 0.05) is 39.5 Å². The Morgan fingerprint density at radius 3 is 2.24 bits per heavy atom. The smallest absolute Gasteiger partial charge is 0.303 e. The van der Waals surface area contributed by atoms with Crippen LogP contribution in [0.15, 0.2) is 60.7 Å². The first-order chi connectivity index (χ1) is 16.2. The van der Waals surface area contributed by atoms with E-state index in [-0.39, 0.29) is 18.7 Å². The number of halogens is 1. The summed E-state index contributed by atoms with van der Waals surface area (Å²) in [5.41, 5.74) is 3.68. The molecule has 1 atom stereocenters. The topological polar surface area (TPSA) is 116 Å². The molecule has 0 fully saturated rings. The summed E-state index contributed by atoms with van der Waals surface area (Å²) in [6.07, 6.45) is -1.35. The lowest BCUT2D eigenvalue weighted by Gasteiger charge is -2.17. The molecule has 0 unspecified atom stereocenters. The molecule has 176 valence electrons. The summed E-state index contributed by atoms with van der Waals surface area (Å²) in [6.45, 7) is 3.61. The van der Waals surface area contributed by atoms with E-state index in [1.54, 1.807) is 49.4 Å². The summed E-state index contributed by atoms with van der Waals surface area (Å²) in [5.74, 6) is -1.68. The van der Waals surface area contributed by atoms with E-state index in [0.717, 1.165) is 5.56 Å². The second-order valence-electron chi connectivity index (χ2n) is 7.93. The zero-order valence-electron chi connectivity index (χ0n) is 18.8. The van der Waals surface area contributed by atoms with Crippen molar-refractivity contribution in [2.24, 2.45) is 0 Å². The number of carbonyl (C=O) groups is 3. The molecule has 0 saturated carbocycles. The van der Waals surface area contributed by atoms with Crippen molar-refractivity contribution >= 4 is 40.8 Å². The zero-order chi connectivity index (χ0) is 24.8. The van der Waals surface area contributed by atoms with E-state index in [1.165, 1.54) is 6.07 Å². The maximum Gasteiger partial charge on any atom is 0.303 e. The minimum atomic E-state index is -1.11. The molecule has 0 saturated heterocycles. The number of benzene rings is 3. The number of amides is 2. The molecule has 0 aliphatic heterocycles. The number of nitrogens with one attached hydrogen (secondary N) is 2.